The van der Waals surface area contributed by atoms with Crippen molar-refractivity contribution in [2.75, 3.05) is 38.2 Å². The Morgan fingerprint density at radius 3 is 2.61 bits per heavy atom. The van der Waals surface area contributed by atoms with Gasteiger partial charge in [-0.15, -0.1) is 0 Å². The maximum absolute atomic E-state index is 13.3. The fourth-order valence-electron chi connectivity index (χ4n) is 3.86. The summed E-state index contributed by atoms with van der Waals surface area (Å²) in [6, 6.07) is 12.1. The summed E-state index contributed by atoms with van der Waals surface area (Å²) in [5.41, 5.74) is 4.63. The Balaban J connectivity index is 1.56. The standard InChI is InChI=1S/C22H26N4O2/c1-4-17-21(26-10-9-16(2)15-20(26)23-17)22(27)25-13-11-24(12-14-25)18-7-5-6-8-19(18)28-3/h5-10,15H,4,11-14H2,1-3H3. The molecule has 1 fully saturated rings. The smallest absolute Gasteiger partial charge is 0.272 e. The lowest BCUT2D eigenvalue weighted by Crippen LogP contribution is -2.49. The Morgan fingerprint density at radius 1 is 1.14 bits per heavy atom. The van der Waals surface area contributed by atoms with E-state index < -0.39 is 0 Å². The zero-order chi connectivity index (χ0) is 19.7. The largest absolute Gasteiger partial charge is 0.495 e. The van der Waals surface area contributed by atoms with Gasteiger partial charge in [-0.2, -0.15) is 0 Å². The molecular formula is C22H26N4O2. The number of hydrogen-bond acceptors (Lipinski definition) is 4. The van der Waals surface area contributed by atoms with Crippen molar-refractivity contribution in [3.63, 3.8) is 0 Å². The summed E-state index contributed by atoms with van der Waals surface area (Å²) < 4.78 is 7.42. The Kier molecular flexibility index (Phi) is 4.94. The number of fused-ring (bicyclic) bond motifs is 1. The third-order valence-corrected chi connectivity index (χ3v) is 5.38. The number of amides is 1. The van der Waals surface area contributed by atoms with Gasteiger partial charge < -0.3 is 14.5 Å². The number of rotatable bonds is 4. The van der Waals surface area contributed by atoms with Gasteiger partial charge in [-0.25, -0.2) is 4.98 Å². The molecule has 4 rings (SSSR count). The van der Waals surface area contributed by atoms with Crippen LogP contribution in [0.1, 0.15) is 28.7 Å². The first-order chi connectivity index (χ1) is 13.6. The van der Waals surface area contributed by atoms with Crippen molar-refractivity contribution in [1.29, 1.82) is 0 Å². The van der Waals surface area contributed by atoms with Gasteiger partial charge in [-0.05, 0) is 43.2 Å². The number of nitrogens with zero attached hydrogens (tertiary/aromatic N) is 4. The average Bonchev–Trinajstić information content (AvgIpc) is 3.10. The molecule has 0 spiro atoms. The van der Waals surface area contributed by atoms with Crippen molar-refractivity contribution >= 4 is 17.2 Å². The van der Waals surface area contributed by atoms with Gasteiger partial charge in [0.05, 0.1) is 18.5 Å². The number of methoxy groups -OCH3 is 1. The van der Waals surface area contributed by atoms with Crippen LogP contribution in [0.5, 0.6) is 5.75 Å². The molecule has 28 heavy (non-hydrogen) atoms. The highest BCUT2D eigenvalue weighted by Crippen LogP contribution is 2.28. The van der Waals surface area contributed by atoms with Gasteiger partial charge in [-0.1, -0.05) is 19.1 Å². The Hall–Kier alpha value is -3.02. The highest BCUT2D eigenvalue weighted by Gasteiger charge is 2.27. The monoisotopic (exact) mass is 378 g/mol. The van der Waals surface area contributed by atoms with Gasteiger partial charge in [0.1, 0.15) is 17.1 Å². The van der Waals surface area contributed by atoms with E-state index in [9.17, 15) is 4.79 Å². The molecule has 0 bridgehead atoms. The third-order valence-electron chi connectivity index (χ3n) is 5.38. The summed E-state index contributed by atoms with van der Waals surface area (Å²) in [5.74, 6) is 0.931. The second-order valence-corrected chi connectivity index (χ2v) is 7.14. The number of pyridine rings is 1. The Morgan fingerprint density at radius 2 is 1.89 bits per heavy atom. The summed E-state index contributed by atoms with van der Waals surface area (Å²) in [4.78, 5) is 22.2. The molecule has 0 unspecified atom stereocenters. The second kappa shape index (κ2) is 7.54. The minimum absolute atomic E-state index is 0.0629. The van der Waals surface area contributed by atoms with Crippen molar-refractivity contribution in [3.05, 3.63) is 59.5 Å². The summed E-state index contributed by atoms with van der Waals surface area (Å²) in [7, 11) is 1.69. The second-order valence-electron chi connectivity index (χ2n) is 7.14. The Labute approximate surface area is 165 Å². The number of para-hydroxylation sites is 2. The molecule has 1 aliphatic heterocycles. The van der Waals surface area contributed by atoms with Crippen molar-refractivity contribution < 1.29 is 9.53 Å². The number of carbonyl (C=O) groups is 1. The zero-order valence-corrected chi connectivity index (χ0v) is 16.7. The van der Waals surface area contributed by atoms with Crippen LogP contribution in [-0.4, -0.2) is 53.5 Å². The van der Waals surface area contributed by atoms with Crippen LogP contribution in [0, 0.1) is 6.92 Å². The number of aryl methyl sites for hydroxylation is 2. The van der Waals surface area contributed by atoms with Gasteiger partial charge in [-0.3, -0.25) is 9.20 Å². The lowest BCUT2D eigenvalue weighted by molar-refractivity contribution is 0.0738. The summed E-state index contributed by atoms with van der Waals surface area (Å²) in [6.07, 6.45) is 2.69. The van der Waals surface area contributed by atoms with Gasteiger partial charge in [0.2, 0.25) is 0 Å². The van der Waals surface area contributed by atoms with E-state index in [0.29, 0.717) is 18.8 Å². The van der Waals surface area contributed by atoms with Gasteiger partial charge in [0, 0.05) is 32.4 Å². The minimum atomic E-state index is 0.0629. The molecule has 0 saturated carbocycles. The van der Waals surface area contributed by atoms with Crippen LogP contribution in [0.2, 0.25) is 0 Å². The molecule has 0 atom stereocenters. The zero-order valence-electron chi connectivity index (χ0n) is 16.7. The predicted octanol–water partition coefficient (Wildman–Crippen LogP) is 3.18. The highest BCUT2D eigenvalue weighted by molar-refractivity contribution is 5.95. The van der Waals surface area contributed by atoms with E-state index in [-0.39, 0.29) is 5.91 Å². The first-order valence-corrected chi connectivity index (χ1v) is 9.77. The molecule has 0 N–H and O–H groups in total. The number of ether oxygens (including phenoxy) is 1. The van der Waals surface area contributed by atoms with E-state index >= 15 is 0 Å². The average molecular weight is 378 g/mol. The molecule has 0 aliphatic carbocycles. The number of benzene rings is 1. The van der Waals surface area contributed by atoms with E-state index in [1.165, 1.54) is 0 Å². The van der Waals surface area contributed by atoms with Crippen LogP contribution in [0.15, 0.2) is 42.6 Å². The van der Waals surface area contributed by atoms with Crippen LogP contribution in [0.4, 0.5) is 5.69 Å². The van der Waals surface area contributed by atoms with Gasteiger partial charge in [0.15, 0.2) is 0 Å². The van der Waals surface area contributed by atoms with Crippen LogP contribution in [0.3, 0.4) is 0 Å². The normalized spacial score (nSPS) is 14.5. The number of anilines is 1. The van der Waals surface area contributed by atoms with E-state index in [0.717, 1.165) is 47.9 Å². The third kappa shape index (κ3) is 3.19. The van der Waals surface area contributed by atoms with Crippen LogP contribution >= 0.6 is 0 Å². The topological polar surface area (TPSA) is 50.1 Å². The summed E-state index contributed by atoms with van der Waals surface area (Å²) >= 11 is 0. The summed E-state index contributed by atoms with van der Waals surface area (Å²) in [5, 5.41) is 0. The predicted molar refractivity (Wildman–Crippen MR) is 110 cm³/mol. The van der Waals surface area contributed by atoms with E-state index in [4.69, 9.17) is 4.74 Å². The SMILES string of the molecule is CCc1nc2cc(C)ccn2c1C(=O)N1CCN(c2ccccc2OC)CC1. The van der Waals surface area contributed by atoms with Gasteiger partial charge >= 0.3 is 0 Å². The van der Waals surface area contributed by atoms with Gasteiger partial charge in [0.25, 0.3) is 5.91 Å². The highest BCUT2D eigenvalue weighted by atomic mass is 16.5. The quantitative estimate of drug-likeness (QED) is 0.700. The molecule has 3 aromatic rings. The van der Waals surface area contributed by atoms with Crippen molar-refractivity contribution in [2.24, 2.45) is 0 Å². The number of aromatic nitrogens is 2. The molecule has 3 heterocycles. The van der Waals surface area contributed by atoms with Crippen molar-refractivity contribution in [2.45, 2.75) is 20.3 Å². The summed E-state index contributed by atoms with van der Waals surface area (Å²) in [6.45, 7) is 7.01. The first kappa shape index (κ1) is 18.3. The number of carbonyl (C=O) groups excluding carboxylic acids is 1. The number of imidazole rings is 1. The molecule has 1 amide bonds. The molecular weight excluding hydrogens is 352 g/mol. The maximum atomic E-state index is 13.3. The van der Waals surface area contributed by atoms with E-state index in [1.54, 1.807) is 7.11 Å². The van der Waals surface area contributed by atoms with E-state index in [1.807, 2.05) is 59.7 Å². The Bertz CT molecular complexity index is 1000. The number of piperazine rings is 1. The molecule has 1 aliphatic rings. The minimum Gasteiger partial charge on any atom is -0.495 e. The fourth-order valence-corrected chi connectivity index (χ4v) is 3.86. The fraction of sp³-hybridized carbons (Fsp3) is 0.364. The van der Waals surface area contributed by atoms with Crippen molar-refractivity contribution in [1.82, 2.24) is 14.3 Å². The number of hydrogen-bond donors (Lipinski definition) is 0. The molecule has 146 valence electrons. The molecule has 1 aromatic carbocycles. The van der Waals surface area contributed by atoms with Crippen LogP contribution < -0.4 is 9.64 Å². The van der Waals surface area contributed by atoms with Crippen molar-refractivity contribution in [3.8, 4) is 5.75 Å². The molecule has 1 saturated heterocycles. The molecule has 6 heteroatoms. The van der Waals surface area contributed by atoms with Crippen LogP contribution in [0.25, 0.3) is 5.65 Å². The molecule has 0 radical (unpaired) electrons. The lowest BCUT2D eigenvalue weighted by atomic mass is 10.2. The first-order valence-electron chi connectivity index (χ1n) is 9.77. The lowest BCUT2D eigenvalue weighted by Gasteiger charge is -2.36. The molecule has 6 nitrogen and oxygen atoms in total. The van der Waals surface area contributed by atoms with E-state index in [2.05, 4.69) is 16.0 Å². The maximum Gasteiger partial charge on any atom is 0.272 e. The van der Waals surface area contributed by atoms with Crippen LogP contribution in [-0.2, 0) is 6.42 Å². The molecule has 2 aromatic heterocycles.